The molecule has 11 rings (SSSR count). The van der Waals surface area contributed by atoms with Crippen LogP contribution >= 0.6 is 7.14 Å². The fraction of sp³-hybridized carbons (Fsp3) is 0.0909. The fourth-order valence-electron chi connectivity index (χ4n) is 9.28. The van der Waals surface area contributed by atoms with Gasteiger partial charge in [0.1, 0.15) is 30.3 Å². The molecule has 1 aromatic heterocycles. The molecule has 0 saturated heterocycles. The summed E-state index contributed by atoms with van der Waals surface area (Å²) in [6, 6.07) is 57.9. The topological polar surface area (TPSA) is 67.0 Å². The van der Waals surface area contributed by atoms with Crippen molar-refractivity contribution in [2.24, 2.45) is 9.98 Å². The molecule has 8 aromatic rings. The number of amidine groups is 2. The molecule has 0 bridgehead atoms. The van der Waals surface area contributed by atoms with E-state index in [1.165, 1.54) is 11.1 Å². The second-order valence-electron chi connectivity index (χ2n) is 15.9. The van der Waals surface area contributed by atoms with Crippen molar-refractivity contribution in [2.75, 3.05) is 0 Å². The minimum absolute atomic E-state index is 0.140. The summed E-state index contributed by atoms with van der Waals surface area (Å²) in [4.78, 5) is 10.2. The number of rotatable bonds is 8. The molecule has 0 amide bonds. The summed E-state index contributed by atoms with van der Waals surface area (Å²) in [7, 11) is -2.99. The Morgan fingerprint density at radius 1 is 0.639 bits per heavy atom. The summed E-state index contributed by atoms with van der Waals surface area (Å²) in [6.45, 7) is 0. The fourth-order valence-corrected chi connectivity index (χ4v) is 12.4. The maximum Gasteiger partial charge on any atom is 0.159 e. The first-order chi connectivity index (χ1) is 30.1. The number of benzene rings is 7. The zero-order chi connectivity index (χ0) is 40.8. The average Bonchev–Trinajstić information content (AvgIpc) is 3.90. The molecule has 7 aromatic carbocycles. The van der Waals surface area contributed by atoms with Crippen molar-refractivity contribution in [1.29, 1.82) is 0 Å². The molecular formula is C55H42N3O2P. The minimum Gasteiger partial charge on any atom is -0.455 e. The third kappa shape index (κ3) is 6.63. The third-order valence-electron chi connectivity index (χ3n) is 12.3. The smallest absolute Gasteiger partial charge is 0.159 e. The summed E-state index contributed by atoms with van der Waals surface area (Å²) in [6.07, 6.45) is 13.2. The highest BCUT2D eigenvalue weighted by Crippen LogP contribution is 2.52. The standard InChI is InChI=1S/C55H42N3O2P/c59-61(42-22-9-3-10-23-42,43-24-11-4-12-25-43)44-26-15-21-37(33-34-44)45-29-16-30-50-51(45)49-36-48(46-27-13-14-28-47(46)52(49)60-50)40-31-32-41(35-40)55-57-53(38-17-5-1-6-18-38)56-54(58-55)39-19-7-2-8-20-39/h1-14,16-25,27-34,36,44,53H,15,26,35H2,(H,56,57,58). The monoisotopic (exact) mass is 807 g/mol. The maximum absolute atomic E-state index is 15.4. The van der Waals surface area contributed by atoms with Crippen LogP contribution in [0, 0.1) is 0 Å². The first kappa shape index (κ1) is 37.0. The number of hydrogen-bond donors (Lipinski definition) is 1. The van der Waals surface area contributed by atoms with Crippen molar-refractivity contribution >= 4 is 73.3 Å². The second kappa shape index (κ2) is 15.5. The summed E-state index contributed by atoms with van der Waals surface area (Å²) >= 11 is 0. The van der Waals surface area contributed by atoms with E-state index in [4.69, 9.17) is 14.4 Å². The first-order valence-electron chi connectivity index (χ1n) is 21.0. The highest BCUT2D eigenvalue weighted by Gasteiger charge is 2.35. The Morgan fingerprint density at radius 2 is 1.30 bits per heavy atom. The Morgan fingerprint density at radius 3 is 2.03 bits per heavy atom. The van der Waals surface area contributed by atoms with Crippen LogP contribution in [0.2, 0.25) is 0 Å². The van der Waals surface area contributed by atoms with Crippen molar-refractivity contribution < 1.29 is 8.98 Å². The molecule has 3 aliphatic rings. The zero-order valence-electron chi connectivity index (χ0n) is 33.5. The maximum atomic E-state index is 15.4. The molecule has 294 valence electrons. The molecule has 2 atom stereocenters. The van der Waals surface area contributed by atoms with Gasteiger partial charge in [0.2, 0.25) is 0 Å². The van der Waals surface area contributed by atoms with Gasteiger partial charge in [-0.1, -0.05) is 188 Å². The van der Waals surface area contributed by atoms with Gasteiger partial charge in [-0.2, -0.15) is 0 Å². The van der Waals surface area contributed by atoms with Gasteiger partial charge in [-0.05, 0) is 63.8 Å². The Bertz CT molecular complexity index is 3170. The number of allylic oxidation sites excluding steroid dienone is 7. The van der Waals surface area contributed by atoms with E-state index in [2.05, 4.69) is 121 Å². The van der Waals surface area contributed by atoms with E-state index < -0.39 is 7.14 Å². The van der Waals surface area contributed by atoms with Crippen molar-refractivity contribution in [2.45, 2.75) is 31.1 Å². The van der Waals surface area contributed by atoms with Crippen LogP contribution in [-0.4, -0.2) is 17.3 Å². The molecule has 2 unspecified atom stereocenters. The molecule has 61 heavy (non-hydrogen) atoms. The molecule has 0 radical (unpaired) electrons. The number of fused-ring (bicyclic) bond motifs is 5. The molecule has 0 fully saturated rings. The highest BCUT2D eigenvalue weighted by molar-refractivity contribution is 7.79. The van der Waals surface area contributed by atoms with Gasteiger partial charge in [0.15, 0.2) is 5.84 Å². The largest absolute Gasteiger partial charge is 0.455 e. The lowest BCUT2D eigenvalue weighted by Gasteiger charge is -2.26. The number of nitrogens with zero attached hydrogens (tertiary/aromatic N) is 2. The molecule has 2 aliphatic carbocycles. The second-order valence-corrected chi connectivity index (χ2v) is 18.9. The summed E-state index contributed by atoms with van der Waals surface area (Å²) in [5.74, 6) is 1.56. The van der Waals surface area contributed by atoms with Crippen LogP contribution in [0.25, 0.3) is 43.9 Å². The van der Waals surface area contributed by atoms with Gasteiger partial charge in [0.05, 0.1) is 0 Å². The predicted octanol–water partition coefficient (Wildman–Crippen LogP) is 12.7. The van der Waals surface area contributed by atoms with E-state index in [9.17, 15) is 0 Å². The first-order valence-corrected chi connectivity index (χ1v) is 22.8. The van der Waals surface area contributed by atoms with Crippen LogP contribution in [0.3, 0.4) is 0 Å². The number of aliphatic imine (C=N–C) groups is 2. The van der Waals surface area contributed by atoms with E-state index in [0.29, 0.717) is 6.42 Å². The van der Waals surface area contributed by atoms with Crippen LogP contribution in [-0.2, 0) is 4.57 Å². The summed E-state index contributed by atoms with van der Waals surface area (Å²) in [5.41, 5.74) is 9.42. The highest BCUT2D eigenvalue weighted by atomic mass is 31.2. The summed E-state index contributed by atoms with van der Waals surface area (Å²) in [5, 5.41) is 9.86. The van der Waals surface area contributed by atoms with Crippen molar-refractivity contribution in [1.82, 2.24) is 5.32 Å². The molecule has 6 heteroatoms. The number of nitrogens with one attached hydrogen (secondary N) is 1. The Kier molecular flexibility index (Phi) is 9.40. The van der Waals surface area contributed by atoms with E-state index in [1.807, 2.05) is 84.9 Å². The SMILES string of the molecule is O=P(c1ccccc1)(c1ccccc1)C1C=CC(c2cccc3oc4c5ccccc5c(C5=CC=C(C6=NC(c7ccccc7)=NC(c7ccccc7)N6)C5)cc4c23)=CCC1. The summed E-state index contributed by atoms with van der Waals surface area (Å²) < 4.78 is 22.2. The van der Waals surface area contributed by atoms with Crippen LogP contribution in [0.5, 0.6) is 0 Å². The third-order valence-corrected chi connectivity index (χ3v) is 15.8. The van der Waals surface area contributed by atoms with Crippen molar-refractivity contribution in [3.63, 3.8) is 0 Å². The van der Waals surface area contributed by atoms with Crippen LogP contribution in [0.1, 0.15) is 47.7 Å². The van der Waals surface area contributed by atoms with Gasteiger partial charge in [-0.3, -0.25) is 0 Å². The minimum atomic E-state index is -2.99. The molecule has 1 N–H and O–H groups in total. The lowest BCUT2D eigenvalue weighted by atomic mass is 9.92. The van der Waals surface area contributed by atoms with Gasteiger partial charge >= 0.3 is 0 Å². The molecule has 5 nitrogen and oxygen atoms in total. The van der Waals surface area contributed by atoms with Gasteiger partial charge in [-0.25, -0.2) is 9.98 Å². The average molecular weight is 808 g/mol. The van der Waals surface area contributed by atoms with Crippen LogP contribution < -0.4 is 15.9 Å². The van der Waals surface area contributed by atoms with Crippen molar-refractivity contribution in [3.05, 3.63) is 228 Å². The number of furan rings is 1. The van der Waals surface area contributed by atoms with E-state index >= 15 is 4.57 Å². The normalized spacial score (nSPS) is 17.9. The van der Waals surface area contributed by atoms with E-state index in [1.54, 1.807) is 0 Å². The lowest BCUT2D eigenvalue weighted by Crippen LogP contribution is -2.33. The van der Waals surface area contributed by atoms with Gasteiger partial charge in [-0.15, -0.1) is 0 Å². The Hall–Kier alpha value is -7.07. The van der Waals surface area contributed by atoms with Gasteiger partial charge in [0.25, 0.3) is 0 Å². The molecule has 1 aliphatic heterocycles. The Balaban J connectivity index is 0.966. The van der Waals surface area contributed by atoms with Crippen molar-refractivity contribution in [3.8, 4) is 0 Å². The van der Waals surface area contributed by atoms with Gasteiger partial charge < -0.3 is 14.3 Å². The zero-order valence-corrected chi connectivity index (χ0v) is 34.4. The van der Waals surface area contributed by atoms with Crippen LogP contribution in [0.15, 0.2) is 220 Å². The van der Waals surface area contributed by atoms with E-state index in [0.717, 1.165) is 95.7 Å². The van der Waals surface area contributed by atoms with E-state index in [-0.39, 0.29) is 11.8 Å². The molecule has 2 heterocycles. The van der Waals surface area contributed by atoms with Crippen LogP contribution in [0.4, 0.5) is 0 Å². The lowest BCUT2D eigenvalue weighted by molar-refractivity contribution is 0.580. The molecule has 0 saturated carbocycles. The molecular weight excluding hydrogens is 766 g/mol. The number of hydrogen-bond acceptors (Lipinski definition) is 5. The molecule has 0 spiro atoms. The van der Waals surface area contributed by atoms with Gasteiger partial charge in [0, 0.05) is 44.4 Å². The quantitative estimate of drug-likeness (QED) is 0.156. The predicted molar refractivity (Wildman–Crippen MR) is 255 cm³/mol. The Labute approximate surface area is 355 Å².